The molecule has 136 valence electrons. The normalized spacial score (nSPS) is 23.6. The van der Waals surface area contributed by atoms with Crippen LogP contribution < -0.4 is 10.2 Å². The molecule has 25 heavy (non-hydrogen) atoms. The summed E-state index contributed by atoms with van der Waals surface area (Å²) in [6.07, 6.45) is 0.412. The maximum absolute atomic E-state index is 13.7. The summed E-state index contributed by atoms with van der Waals surface area (Å²) in [6, 6.07) is 3.85. The number of carbonyl (C=O) groups excluding carboxylic acids is 1. The molecule has 2 N–H and O–H groups in total. The van der Waals surface area contributed by atoms with Crippen LogP contribution in [0.15, 0.2) is 18.2 Å². The Labute approximate surface area is 145 Å². The van der Waals surface area contributed by atoms with Crippen LogP contribution in [-0.2, 0) is 9.53 Å². The van der Waals surface area contributed by atoms with Gasteiger partial charge in [0.05, 0.1) is 30.0 Å². The first-order chi connectivity index (χ1) is 11.9. The molecule has 0 bridgehead atoms. The molecule has 2 fully saturated rings. The largest absolute Gasteiger partial charge is 0.481 e. The molecule has 3 rings (SSSR count). The maximum atomic E-state index is 13.7. The maximum Gasteiger partial charge on any atom is 0.321 e. The highest BCUT2D eigenvalue weighted by Gasteiger charge is 2.42. The number of rotatable bonds is 3. The van der Waals surface area contributed by atoms with Crippen molar-refractivity contribution >= 4 is 23.4 Å². The molecule has 2 heterocycles. The van der Waals surface area contributed by atoms with Crippen LogP contribution in [-0.4, -0.2) is 61.4 Å². The van der Waals surface area contributed by atoms with Crippen molar-refractivity contribution in [1.82, 2.24) is 4.90 Å². The summed E-state index contributed by atoms with van der Waals surface area (Å²) < 4.78 is 19.0. The number of morpholine rings is 1. The lowest BCUT2D eigenvalue weighted by Gasteiger charge is -2.31. The van der Waals surface area contributed by atoms with Crippen LogP contribution >= 0.6 is 0 Å². The van der Waals surface area contributed by atoms with E-state index in [2.05, 4.69) is 5.32 Å². The number of benzene rings is 1. The molecule has 2 aliphatic heterocycles. The zero-order valence-corrected chi connectivity index (χ0v) is 14.1. The van der Waals surface area contributed by atoms with E-state index in [0.29, 0.717) is 50.6 Å². The van der Waals surface area contributed by atoms with Crippen LogP contribution in [0, 0.1) is 11.2 Å². The van der Waals surface area contributed by atoms with E-state index in [0.717, 1.165) is 0 Å². The average molecular weight is 351 g/mol. The van der Waals surface area contributed by atoms with Crippen molar-refractivity contribution in [1.29, 1.82) is 0 Å². The number of likely N-dealkylation sites (tertiary alicyclic amines) is 1. The van der Waals surface area contributed by atoms with Crippen molar-refractivity contribution in [2.75, 3.05) is 49.6 Å². The number of nitrogens with zero attached hydrogens (tertiary/aromatic N) is 2. The summed E-state index contributed by atoms with van der Waals surface area (Å²) in [4.78, 5) is 27.3. The van der Waals surface area contributed by atoms with E-state index in [1.807, 2.05) is 4.90 Å². The number of carbonyl (C=O) groups is 2. The lowest BCUT2D eigenvalue weighted by atomic mass is 9.90. The number of hydrogen-bond acceptors (Lipinski definition) is 4. The number of amides is 2. The van der Waals surface area contributed by atoms with Gasteiger partial charge in [-0.2, -0.15) is 0 Å². The van der Waals surface area contributed by atoms with Gasteiger partial charge in [-0.05, 0) is 31.5 Å². The molecule has 2 amide bonds. The Kier molecular flexibility index (Phi) is 4.80. The molecule has 8 heteroatoms. The number of anilines is 2. The van der Waals surface area contributed by atoms with E-state index in [4.69, 9.17) is 4.74 Å². The standard InChI is InChI=1S/C17H22FN3O4/c1-17(15(22)23)4-5-21(11-17)16(24)19-13-3-2-12(18)10-14(13)20-6-8-25-9-7-20/h2-3,10H,4-9,11H2,1H3,(H,19,24)(H,22,23). The third kappa shape index (κ3) is 3.68. The Morgan fingerprint density at radius 3 is 2.64 bits per heavy atom. The fourth-order valence-electron chi connectivity index (χ4n) is 3.18. The number of urea groups is 1. The van der Waals surface area contributed by atoms with Gasteiger partial charge in [0.1, 0.15) is 5.82 Å². The van der Waals surface area contributed by atoms with Crippen molar-refractivity contribution in [2.45, 2.75) is 13.3 Å². The van der Waals surface area contributed by atoms with Gasteiger partial charge in [0.25, 0.3) is 0 Å². The predicted molar refractivity (Wildman–Crippen MR) is 90.4 cm³/mol. The molecule has 0 saturated carbocycles. The second-order valence-corrected chi connectivity index (χ2v) is 6.73. The SMILES string of the molecule is CC1(C(=O)O)CCN(C(=O)Nc2ccc(F)cc2N2CCOCC2)C1. The molecule has 0 aliphatic carbocycles. The molecule has 1 aromatic rings. The van der Waals surface area contributed by atoms with Crippen molar-refractivity contribution in [3.05, 3.63) is 24.0 Å². The van der Waals surface area contributed by atoms with Gasteiger partial charge >= 0.3 is 12.0 Å². The van der Waals surface area contributed by atoms with Gasteiger partial charge < -0.3 is 25.0 Å². The molecule has 1 aromatic carbocycles. The number of ether oxygens (including phenoxy) is 1. The second kappa shape index (κ2) is 6.87. The number of carboxylic acid groups (broad SMARTS) is 1. The molecule has 1 unspecified atom stereocenters. The molecular formula is C17H22FN3O4. The highest BCUT2D eigenvalue weighted by Crippen LogP contribution is 2.32. The summed E-state index contributed by atoms with van der Waals surface area (Å²) in [6.45, 7) is 4.50. The number of hydrogen-bond donors (Lipinski definition) is 2. The highest BCUT2D eigenvalue weighted by molar-refractivity contribution is 5.94. The molecule has 7 nitrogen and oxygen atoms in total. The van der Waals surface area contributed by atoms with Crippen LogP contribution in [0.4, 0.5) is 20.6 Å². The Balaban J connectivity index is 1.74. The van der Waals surface area contributed by atoms with Crippen molar-refractivity contribution in [2.24, 2.45) is 5.41 Å². The van der Waals surface area contributed by atoms with Crippen LogP contribution in [0.2, 0.25) is 0 Å². The van der Waals surface area contributed by atoms with E-state index in [1.54, 1.807) is 6.92 Å². The summed E-state index contributed by atoms with van der Waals surface area (Å²) in [5.74, 6) is -1.28. The number of halogens is 1. The zero-order valence-electron chi connectivity index (χ0n) is 14.1. The average Bonchev–Trinajstić information content (AvgIpc) is 3.01. The Morgan fingerprint density at radius 1 is 1.28 bits per heavy atom. The predicted octanol–water partition coefficient (Wildman–Crippen LogP) is 1.99. The number of aliphatic carboxylic acids is 1. The van der Waals surface area contributed by atoms with E-state index < -0.39 is 11.4 Å². The lowest BCUT2D eigenvalue weighted by molar-refractivity contribution is -0.146. The Morgan fingerprint density at radius 2 is 2.00 bits per heavy atom. The summed E-state index contributed by atoms with van der Waals surface area (Å²) >= 11 is 0. The van der Waals surface area contributed by atoms with Gasteiger partial charge in [-0.1, -0.05) is 0 Å². The zero-order chi connectivity index (χ0) is 18.0. The lowest BCUT2D eigenvalue weighted by Crippen LogP contribution is -2.39. The quantitative estimate of drug-likeness (QED) is 0.870. The molecule has 0 radical (unpaired) electrons. The second-order valence-electron chi connectivity index (χ2n) is 6.73. The van der Waals surface area contributed by atoms with E-state index in [9.17, 15) is 19.1 Å². The molecule has 2 aliphatic rings. The van der Waals surface area contributed by atoms with Crippen LogP contribution in [0.5, 0.6) is 0 Å². The topological polar surface area (TPSA) is 82.1 Å². The molecule has 1 atom stereocenters. The first kappa shape index (κ1) is 17.5. The summed E-state index contributed by atoms with van der Waals surface area (Å²) in [5.41, 5.74) is 0.196. The molecule has 0 aromatic heterocycles. The first-order valence-electron chi connectivity index (χ1n) is 8.31. The minimum absolute atomic E-state index is 0.155. The van der Waals surface area contributed by atoms with Crippen molar-refractivity contribution in [3.63, 3.8) is 0 Å². The van der Waals surface area contributed by atoms with Crippen molar-refractivity contribution < 1.29 is 23.8 Å². The third-order valence-corrected chi connectivity index (χ3v) is 4.83. The van der Waals surface area contributed by atoms with E-state index >= 15 is 0 Å². The first-order valence-corrected chi connectivity index (χ1v) is 8.31. The minimum atomic E-state index is -0.923. The van der Waals surface area contributed by atoms with Gasteiger partial charge in [-0.15, -0.1) is 0 Å². The highest BCUT2D eigenvalue weighted by atomic mass is 19.1. The van der Waals surface area contributed by atoms with Gasteiger partial charge in [-0.25, -0.2) is 9.18 Å². The van der Waals surface area contributed by atoms with Crippen LogP contribution in [0.25, 0.3) is 0 Å². The third-order valence-electron chi connectivity index (χ3n) is 4.83. The fourth-order valence-corrected chi connectivity index (χ4v) is 3.18. The summed E-state index contributed by atoms with van der Waals surface area (Å²) in [5, 5.41) is 12.1. The van der Waals surface area contributed by atoms with Gasteiger partial charge in [0, 0.05) is 26.2 Å². The van der Waals surface area contributed by atoms with Crippen LogP contribution in [0.1, 0.15) is 13.3 Å². The Hall–Kier alpha value is -2.35. The monoisotopic (exact) mass is 351 g/mol. The molecule has 2 saturated heterocycles. The number of nitrogens with one attached hydrogen (secondary N) is 1. The van der Waals surface area contributed by atoms with Crippen LogP contribution in [0.3, 0.4) is 0 Å². The molecular weight excluding hydrogens is 329 g/mol. The van der Waals surface area contributed by atoms with Crippen molar-refractivity contribution in [3.8, 4) is 0 Å². The molecule has 0 spiro atoms. The number of carboxylic acids is 1. The van der Waals surface area contributed by atoms with E-state index in [-0.39, 0.29) is 18.4 Å². The smallest absolute Gasteiger partial charge is 0.321 e. The van der Waals surface area contributed by atoms with Gasteiger partial charge in [0.15, 0.2) is 0 Å². The fraction of sp³-hybridized carbons (Fsp3) is 0.529. The summed E-state index contributed by atoms with van der Waals surface area (Å²) in [7, 11) is 0. The Bertz CT molecular complexity index is 678. The minimum Gasteiger partial charge on any atom is -0.481 e. The van der Waals surface area contributed by atoms with Gasteiger partial charge in [-0.3, -0.25) is 4.79 Å². The van der Waals surface area contributed by atoms with E-state index in [1.165, 1.54) is 23.1 Å². The van der Waals surface area contributed by atoms with Gasteiger partial charge in [0.2, 0.25) is 0 Å².